The average Bonchev–Trinajstić information content (AvgIpc) is 2.94. The van der Waals surface area contributed by atoms with E-state index >= 15 is 0 Å². The van der Waals surface area contributed by atoms with E-state index in [0.717, 1.165) is 23.9 Å². The first-order valence-corrected chi connectivity index (χ1v) is 7.80. The molecule has 104 valence electrons. The van der Waals surface area contributed by atoms with E-state index in [9.17, 15) is 4.79 Å². The minimum Gasteiger partial charge on any atom is -0.469 e. The summed E-state index contributed by atoms with van der Waals surface area (Å²) in [5.41, 5.74) is 2.25. The fourth-order valence-electron chi connectivity index (χ4n) is 2.30. The number of ether oxygens (including phenoxy) is 1. The van der Waals surface area contributed by atoms with Gasteiger partial charge in [0.2, 0.25) is 0 Å². The van der Waals surface area contributed by atoms with E-state index in [-0.39, 0.29) is 5.97 Å². The maximum atomic E-state index is 11.4. The van der Waals surface area contributed by atoms with Gasteiger partial charge in [-0.2, -0.15) is 11.8 Å². The van der Waals surface area contributed by atoms with Crippen molar-refractivity contribution >= 4 is 17.7 Å². The Morgan fingerprint density at radius 3 is 2.89 bits per heavy atom. The molecule has 3 nitrogen and oxygen atoms in total. The molecule has 4 heteroatoms. The first-order chi connectivity index (χ1) is 9.29. The Labute approximate surface area is 119 Å². The molecule has 1 unspecified atom stereocenters. The second kappa shape index (κ2) is 7.56. The molecule has 1 aliphatic rings. The minimum absolute atomic E-state index is 0.182. The highest BCUT2D eigenvalue weighted by atomic mass is 32.2. The fourth-order valence-corrected chi connectivity index (χ4v) is 3.54. The van der Waals surface area contributed by atoms with Crippen molar-refractivity contribution in [3.05, 3.63) is 35.4 Å². The minimum atomic E-state index is -0.182. The van der Waals surface area contributed by atoms with Gasteiger partial charge in [-0.15, -0.1) is 0 Å². The summed E-state index contributed by atoms with van der Waals surface area (Å²) in [5.74, 6) is 1.12. The van der Waals surface area contributed by atoms with E-state index in [2.05, 4.69) is 23.1 Å². The molecule has 2 rings (SSSR count). The number of esters is 1. The van der Waals surface area contributed by atoms with Crippen LogP contribution >= 0.6 is 11.8 Å². The molecule has 0 aliphatic carbocycles. The molecule has 1 aromatic carbocycles. The number of benzene rings is 1. The summed E-state index contributed by atoms with van der Waals surface area (Å²) in [5, 5.41) is 4.26. The van der Waals surface area contributed by atoms with Crippen LogP contribution in [0.3, 0.4) is 0 Å². The summed E-state index contributed by atoms with van der Waals surface area (Å²) in [6.07, 6.45) is 3.02. The van der Waals surface area contributed by atoms with Crippen LogP contribution in [0.25, 0.3) is 0 Å². The Morgan fingerprint density at radius 2 is 2.21 bits per heavy atom. The molecular formula is C15H21NO2S. The largest absolute Gasteiger partial charge is 0.469 e. The van der Waals surface area contributed by atoms with E-state index < -0.39 is 0 Å². The average molecular weight is 279 g/mol. The normalized spacial score (nSPS) is 18.5. The Bertz CT molecular complexity index is 416. The molecule has 1 aromatic rings. The van der Waals surface area contributed by atoms with Crippen molar-refractivity contribution in [2.45, 2.75) is 31.1 Å². The monoisotopic (exact) mass is 279 g/mol. The van der Waals surface area contributed by atoms with Crippen LogP contribution in [0.5, 0.6) is 0 Å². The van der Waals surface area contributed by atoms with Crippen LogP contribution in [-0.2, 0) is 22.5 Å². The Morgan fingerprint density at radius 1 is 1.42 bits per heavy atom. The first kappa shape index (κ1) is 14.4. The van der Waals surface area contributed by atoms with Gasteiger partial charge in [0.15, 0.2) is 0 Å². The lowest BCUT2D eigenvalue weighted by Gasteiger charge is -2.12. The molecule has 1 atom stereocenters. The number of nitrogens with one attached hydrogen (secondary N) is 1. The van der Waals surface area contributed by atoms with Crippen molar-refractivity contribution in [1.29, 1.82) is 0 Å². The van der Waals surface area contributed by atoms with E-state index in [0.29, 0.717) is 6.42 Å². The second-order valence-electron chi connectivity index (χ2n) is 4.79. The molecule has 0 amide bonds. The summed E-state index contributed by atoms with van der Waals surface area (Å²) in [4.78, 5) is 11.4. The van der Waals surface area contributed by atoms with Gasteiger partial charge in [0.25, 0.3) is 0 Å². The summed E-state index contributed by atoms with van der Waals surface area (Å²) in [6.45, 7) is 1.88. The first-order valence-electron chi connectivity index (χ1n) is 6.75. The zero-order valence-corrected chi connectivity index (χ0v) is 12.2. The maximum absolute atomic E-state index is 11.4. The van der Waals surface area contributed by atoms with E-state index in [1.54, 1.807) is 0 Å². The van der Waals surface area contributed by atoms with Crippen LogP contribution in [-0.4, -0.2) is 30.6 Å². The smallest absolute Gasteiger partial charge is 0.309 e. The molecule has 19 heavy (non-hydrogen) atoms. The molecular weight excluding hydrogens is 258 g/mol. The number of thioether (sulfide) groups is 1. The number of carbonyl (C=O) groups is 1. The van der Waals surface area contributed by atoms with Crippen molar-refractivity contribution in [3.63, 3.8) is 0 Å². The van der Waals surface area contributed by atoms with Gasteiger partial charge in [-0.05, 0) is 29.7 Å². The summed E-state index contributed by atoms with van der Waals surface area (Å²) in [6, 6.07) is 8.06. The molecule has 1 N–H and O–H groups in total. The molecule has 1 aliphatic heterocycles. The number of hydrogen-bond acceptors (Lipinski definition) is 4. The maximum Gasteiger partial charge on any atom is 0.309 e. The molecule has 1 fully saturated rings. The lowest BCUT2D eigenvalue weighted by atomic mass is 10.0. The number of carbonyl (C=O) groups excluding carboxylic acids is 1. The SMILES string of the molecule is COC(=O)Cc1ccccc1CNCC1CCCS1. The van der Waals surface area contributed by atoms with Crippen LogP contribution in [0.15, 0.2) is 24.3 Å². The predicted octanol–water partition coefficient (Wildman–Crippen LogP) is 2.39. The van der Waals surface area contributed by atoms with Crippen LogP contribution in [0.1, 0.15) is 24.0 Å². The summed E-state index contributed by atoms with van der Waals surface area (Å²) in [7, 11) is 1.43. The van der Waals surface area contributed by atoms with Gasteiger partial charge in [-0.1, -0.05) is 24.3 Å². The third-order valence-corrected chi connectivity index (χ3v) is 4.79. The molecule has 0 saturated carbocycles. The van der Waals surface area contributed by atoms with E-state index in [1.165, 1.54) is 31.3 Å². The van der Waals surface area contributed by atoms with Gasteiger partial charge < -0.3 is 10.1 Å². The van der Waals surface area contributed by atoms with Gasteiger partial charge in [-0.25, -0.2) is 0 Å². The van der Waals surface area contributed by atoms with Gasteiger partial charge in [0.05, 0.1) is 13.5 Å². The molecule has 1 heterocycles. The quantitative estimate of drug-likeness (QED) is 0.812. The van der Waals surface area contributed by atoms with Crippen molar-refractivity contribution in [1.82, 2.24) is 5.32 Å². The van der Waals surface area contributed by atoms with Crippen molar-refractivity contribution in [3.8, 4) is 0 Å². The third kappa shape index (κ3) is 4.55. The van der Waals surface area contributed by atoms with Gasteiger partial charge in [-0.3, -0.25) is 4.79 Å². The Kier molecular flexibility index (Phi) is 5.73. The zero-order chi connectivity index (χ0) is 13.5. The van der Waals surface area contributed by atoms with Gasteiger partial charge in [0, 0.05) is 18.3 Å². The van der Waals surface area contributed by atoms with Crippen molar-refractivity contribution in [2.75, 3.05) is 19.4 Å². The molecule has 0 radical (unpaired) electrons. The van der Waals surface area contributed by atoms with Crippen LogP contribution < -0.4 is 5.32 Å². The molecule has 0 aromatic heterocycles. The lowest BCUT2D eigenvalue weighted by molar-refractivity contribution is -0.139. The zero-order valence-electron chi connectivity index (χ0n) is 11.4. The molecule has 0 bridgehead atoms. The van der Waals surface area contributed by atoms with E-state index in [4.69, 9.17) is 4.74 Å². The number of rotatable bonds is 6. The highest BCUT2D eigenvalue weighted by molar-refractivity contribution is 8.00. The molecule has 1 saturated heterocycles. The Hall–Kier alpha value is -1.00. The van der Waals surface area contributed by atoms with Crippen LogP contribution in [0, 0.1) is 0 Å². The molecule has 0 spiro atoms. The van der Waals surface area contributed by atoms with Crippen molar-refractivity contribution in [2.24, 2.45) is 0 Å². The lowest BCUT2D eigenvalue weighted by Crippen LogP contribution is -2.23. The summed E-state index contributed by atoms with van der Waals surface area (Å²) < 4.78 is 4.73. The fraction of sp³-hybridized carbons (Fsp3) is 0.533. The van der Waals surface area contributed by atoms with Crippen LogP contribution in [0.2, 0.25) is 0 Å². The van der Waals surface area contributed by atoms with Gasteiger partial charge >= 0.3 is 5.97 Å². The summed E-state index contributed by atoms with van der Waals surface area (Å²) >= 11 is 2.06. The highest BCUT2D eigenvalue weighted by Crippen LogP contribution is 2.25. The van der Waals surface area contributed by atoms with Crippen LogP contribution in [0.4, 0.5) is 0 Å². The van der Waals surface area contributed by atoms with E-state index in [1.807, 2.05) is 18.2 Å². The van der Waals surface area contributed by atoms with Gasteiger partial charge in [0.1, 0.15) is 0 Å². The number of hydrogen-bond donors (Lipinski definition) is 1. The third-order valence-electron chi connectivity index (χ3n) is 3.39. The Balaban J connectivity index is 1.86. The van der Waals surface area contributed by atoms with Crippen molar-refractivity contribution < 1.29 is 9.53 Å². The topological polar surface area (TPSA) is 38.3 Å². The number of methoxy groups -OCH3 is 1. The predicted molar refractivity (Wildman–Crippen MR) is 79.3 cm³/mol. The highest BCUT2D eigenvalue weighted by Gasteiger charge is 2.15. The second-order valence-corrected chi connectivity index (χ2v) is 6.20. The standard InChI is InChI=1S/C15H21NO2S/c1-18-15(17)9-12-5-2-3-6-13(12)10-16-11-14-7-4-8-19-14/h2-3,5-6,14,16H,4,7-11H2,1H3.